The van der Waals surface area contributed by atoms with Crippen molar-refractivity contribution in [1.29, 1.82) is 0 Å². The lowest BCUT2D eigenvalue weighted by Crippen LogP contribution is -2.36. The Morgan fingerprint density at radius 1 is 0.906 bits per heavy atom. The van der Waals surface area contributed by atoms with Crippen molar-refractivity contribution < 1.29 is 14.3 Å². The zero-order valence-corrected chi connectivity index (χ0v) is 19.5. The van der Waals surface area contributed by atoms with Crippen LogP contribution in [0.25, 0.3) is 0 Å². The molecule has 0 aromatic heterocycles. The van der Waals surface area contributed by atoms with E-state index in [1.807, 2.05) is 24.3 Å². The zero-order valence-electron chi connectivity index (χ0n) is 18.0. The summed E-state index contributed by atoms with van der Waals surface area (Å²) in [6.07, 6.45) is 0. The lowest BCUT2D eigenvalue weighted by atomic mass is 9.97. The monoisotopic (exact) mass is 492 g/mol. The molecule has 0 spiro atoms. The first-order valence-electron chi connectivity index (χ1n) is 10.6. The SMILES string of the molecule is CN(Cc1ccc(N2CCOCC2)cc1)C(=O)c1ccccc1C(=O)c1ccc(Br)cc1. The fourth-order valence-corrected chi connectivity index (χ4v) is 4.07. The minimum Gasteiger partial charge on any atom is -0.378 e. The lowest BCUT2D eigenvalue weighted by molar-refractivity contribution is 0.0780. The van der Waals surface area contributed by atoms with Crippen LogP contribution in [0.1, 0.15) is 31.8 Å². The van der Waals surface area contributed by atoms with Crippen LogP contribution in [0.2, 0.25) is 0 Å². The van der Waals surface area contributed by atoms with Crippen LogP contribution in [0.5, 0.6) is 0 Å². The third-order valence-corrected chi connectivity index (χ3v) is 6.12. The molecule has 1 saturated heterocycles. The molecule has 164 valence electrons. The predicted octanol–water partition coefficient (Wildman–Crippen LogP) is 4.79. The lowest BCUT2D eigenvalue weighted by Gasteiger charge is -2.29. The number of halogens is 1. The number of hydrogen-bond acceptors (Lipinski definition) is 4. The molecule has 1 fully saturated rings. The standard InChI is InChI=1S/C26H25BrN2O3/c1-28(18-19-6-12-22(13-7-19)29-14-16-32-17-15-29)26(31)24-5-3-2-4-23(24)25(30)20-8-10-21(27)11-9-20/h2-13H,14-18H2,1H3. The summed E-state index contributed by atoms with van der Waals surface area (Å²) in [6.45, 7) is 3.74. The van der Waals surface area contributed by atoms with E-state index in [-0.39, 0.29) is 11.7 Å². The molecule has 1 amide bonds. The molecule has 4 rings (SSSR count). The number of benzene rings is 3. The molecule has 0 N–H and O–H groups in total. The van der Waals surface area contributed by atoms with E-state index in [1.54, 1.807) is 48.3 Å². The van der Waals surface area contributed by atoms with E-state index < -0.39 is 0 Å². The topological polar surface area (TPSA) is 49.9 Å². The van der Waals surface area contributed by atoms with Crippen molar-refractivity contribution in [3.05, 3.63) is 99.5 Å². The fraction of sp³-hybridized carbons (Fsp3) is 0.231. The van der Waals surface area contributed by atoms with Gasteiger partial charge in [-0.15, -0.1) is 0 Å². The Morgan fingerprint density at radius 3 is 2.19 bits per heavy atom. The van der Waals surface area contributed by atoms with Gasteiger partial charge in [0.1, 0.15) is 0 Å². The number of carbonyl (C=O) groups is 2. The number of carbonyl (C=O) groups excluding carboxylic acids is 2. The molecule has 32 heavy (non-hydrogen) atoms. The van der Waals surface area contributed by atoms with Crippen molar-refractivity contribution in [2.75, 3.05) is 38.3 Å². The number of hydrogen-bond donors (Lipinski definition) is 0. The van der Waals surface area contributed by atoms with Crippen LogP contribution in [0.15, 0.2) is 77.3 Å². The smallest absolute Gasteiger partial charge is 0.254 e. The van der Waals surface area contributed by atoms with Gasteiger partial charge in [-0.3, -0.25) is 9.59 Å². The average Bonchev–Trinajstić information content (AvgIpc) is 2.84. The van der Waals surface area contributed by atoms with E-state index in [0.29, 0.717) is 23.2 Å². The third kappa shape index (κ3) is 5.09. The minimum atomic E-state index is -0.177. The first-order chi connectivity index (χ1) is 15.5. The summed E-state index contributed by atoms with van der Waals surface area (Å²) in [5.41, 5.74) is 3.57. The van der Waals surface area contributed by atoms with Crippen LogP contribution in [-0.2, 0) is 11.3 Å². The molecule has 0 radical (unpaired) electrons. The first kappa shape index (κ1) is 22.2. The minimum absolute atomic E-state index is 0.162. The summed E-state index contributed by atoms with van der Waals surface area (Å²) in [5, 5.41) is 0. The molecule has 6 heteroatoms. The summed E-state index contributed by atoms with van der Waals surface area (Å²) in [6, 6.07) is 22.4. The summed E-state index contributed by atoms with van der Waals surface area (Å²) in [7, 11) is 1.76. The zero-order chi connectivity index (χ0) is 22.5. The van der Waals surface area contributed by atoms with E-state index >= 15 is 0 Å². The first-order valence-corrected chi connectivity index (χ1v) is 11.4. The molecular formula is C26H25BrN2O3. The number of ether oxygens (including phenoxy) is 1. The Bertz CT molecular complexity index is 1090. The van der Waals surface area contributed by atoms with Crippen molar-refractivity contribution in [1.82, 2.24) is 4.90 Å². The van der Waals surface area contributed by atoms with Crippen molar-refractivity contribution in [2.24, 2.45) is 0 Å². The second kappa shape index (κ2) is 10.1. The van der Waals surface area contributed by atoms with Gasteiger partial charge in [0.25, 0.3) is 5.91 Å². The van der Waals surface area contributed by atoms with Crippen LogP contribution >= 0.6 is 15.9 Å². The number of ketones is 1. The summed E-state index contributed by atoms with van der Waals surface area (Å²) in [4.78, 5) is 30.2. The molecule has 0 bridgehead atoms. The Kier molecular flexibility index (Phi) is 7.02. The summed E-state index contributed by atoms with van der Waals surface area (Å²) >= 11 is 3.39. The van der Waals surface area contributed by atoms with Crippen molar-refractivity contribution in [2.45, 2.75) is 6.54 Å². The average molecular weight is 493 g/mol. The summed E-state index contributed by atoms with van der Waals surface area (Å²) in [5.74, 6) is -0.340. The van der Waals surface area contributed by atoms with E-state index in [4.69, 9.17) is 4.74 Å². The highest BCUT2D eigenvalue weighted by Crippen LogP contribution is 2.21. The second-order valence-electron chi connectivity index (χ2n) is 7.81. The van der Waals surface area contributed by atoms with Crippen LogP contribution in [-0.4, -0.2) is 49.9 Å². The highest BCUT2D eigenvalue weighted by atomic mass is 79.9. The van der Waals surface area contributed by atoms with Gasteiger partial charge in [0, 0.05) is 48.0 Å². The molecule has 1 aliphatic heterocycles. The number of rotatable bonds is 6. The third-order valence-electron chi connectivity index (χ3n) is 5.59. The Labute approximate surface area is 196 Å². The van der Waals surface area contributed by atoms with Crippen LogP contribution in [0, 0.1) is 0 Å². The van der Waals surface area contributed by atoms with Crippen LogP contribution < -0.4 is 4.90 Å². The van der Waals surface area contributed by atoms with Gasteiger partial charge < -0.3 is 14.5 Å². The normalized spacial score (nSPS) is 13.6. The molecule has 3 aromatic rings. The molecule has 0 unspecified atom stereocenters. The maximum absolute atomic E-state index is 13.2. The van der Waals surface area contributed by atoms with Gasteiger partial charge in [-0.25, -0.2) is 0 Å². The van der Waals surface area contributed by atoms with Gasteiger partial charge in [-0.1, -0.05) is 46.3 Å². The van der Waals surface area contributed by atoms with E-state index in [9.17, 15) is 9.59 Å². The van der Waals surface area contributed by atoms with Crippen molar-refractivity contribution >= 4 is 33.3 Å². The van der Waals surface area contributed by atoms with Crippen molar-refractivity contribution in [3.63, 3.8) is 0 Å². The Morgan fingerprint density at radius 2 is 1.53 bits per heavy atom. The number of anilines is 1. The Hall–Kier alpha value is -2.96. The van der Waals surface area contributed by atoms with Gasteiger partial charge >= 0.3 is 0 Å². The maximum Gasteiger partial charge on any atom is 0.254 e. The van der Waals surface area contributed by atoms with Gasteiger partial charge in [-0.2, -0.15) is 0 Å². The molecule has 5 nitrogen and oxygen atoms in total. The Balaban J connectivity index is 1.48. The molecule has 1 heterocycles. The molecular weight excluding hydrogens is 468 g/mol. The highest BCUT2D eigenvalue weighted by Gasteiger charge is 2.21. The second-order valence-corrected chi connectivity index (χ2v) is 8.72. The van der Waals surface area contributed by atoms with Gasteiger partial charge in [0.2, 0.25) is 0 Å². The van der Waals surface area contributed by atoms with E-state index in [1.165, 1.54) is 0 Å². The molecule has 0 aliphatic carbocycles. The van der Waals surface area contributed by atoms with E-state index in [0.717, 1.165) is 42.0 Å². The predicted molar refractivity (Wildman–Crippen MR) is 129 cm³/mol. The highest BCUT2D eigenvalue weighted by molar-refractivity contribution is 9.10. The van der Waals surface area contributed by atoms with Crippen LogP contribution in [0.4, 0.5) is 5.69 Å². The number of morpholine rings is 1. The number of nitrogens with zero attached hydrogens (tertiary/aromatic N) is 2. The maximum atomic E-state index is 13.2. The largest absolute Gasteiger partial charge is 0.378 e. The fourth-order valence-electron chi connectivity index (χ4n) is 3.81. The van der Waals surface area contributed by atoms with E-state index in [2.05, 4.69) is 33.0 Å². The molecule has 3 aromatic carbocycles. The van der Waals surface area contributed by atoms with Gasteiger partial charge in [0.15, 0.2) is 5.78 Å². The van der Waals surface area contributed by atoms with Gasteiger partial charge in [-0.05, 0) is 48.0 Å². The van der Waals surface area contributed by atoms with Crippen molar-refractivity contribution in [3.8, 4) is 0 Å². The quantitative estimate of drug-likeness (QED) is 0.464. The van der Waals surface area contributed by atoms with Gasteiger partial charge in [0.05, 0.1) is 18.8 Å². The molecule has 1 aliphatic rings. The number of amides is 1. The van der Waals surface area contributed by atoms with Crippen LogP contribution in [0.3, 0.4) is 0 Å². The molecule has 0 saturated carbocycles. The molecule has 0 atom stereocenters. The summed E-state index contributed by atoms with van der Waals surface area (Å²) < 4.78 is 6.31.